The molecule has 1 amide bonds. The normalized spacial score (nSPS) is 14.1. The summed E-state index contributed by atoms with van der Waals surface area (Å²) >= 11 is 0. The average molecular weight is 367 g/mol. The molecule has 1 aliphatic carbocycles. The number of unbranched alkanes of at least 4 members (excludes halogenated alkanes) is 1. The lowest BCUT2D eigenvalue weighted by Crippen LogP contribution is -2.17. The van der Waals surface area contributed by atoms with Crippen LogP contribution in [0.15, 0.2) is 42.5 Å². The number of benzene rings is 2. The molecule has 6 heteroatoms. The maximum absolute atomic E-state index is 11.9. The summed E-state index contributed by atoms with van der Waals surface area (Å²) in [5.74, 6) is -0.696. The van der Waals surface area contributed by atoms with Crippen LogP contribution in [0, 0.1) is 0 Å². The lowest BCUT2D eigenvalue weighted by Gasteiger charge is -2.12. The Labute approximate surface area is 156 Å². The Hall–Kier alpha value is -2.83. The second kappa shape index (κ2) is 8.24. The molecule has 0 radical (unpaired) electrons. The highest BCUT2D eigenvalue weighted by Crippen LogP contribution is 2.29. The minimum atomic E-state index is -0.629. The van der Waals surface area contributed by atoms with Gasteiger partial charge in [0.2, 0.25) is 5.91 Å². The second-order valence-electron chi connectivity index (χ2n) is 6.70. The Kier molecular flexibility index (Phi) is 5.78. The van der Waals surface area contributed by atoms with Crippen molar-refractivity contribution >= 4 is 17.5 Å². The van der Waals surface area contributed by atoms with Crippen LogP contribution < -0.4 is 5.48 Å². The van der Waals surface area contributed by atoms with E-state index in [1.807, 2.05) is 30.3 Å². The van der Waals surface area contributed by atoms with Gasteiger partial charge in [0.05, 0.1) is 12.5 Å². The van der Waals surface area contributed by atoms with Gasteiger partial charge >= 0.3 is 0 Å². The van der Waals surface area contributed by atoms with Crippen LogP contribution in [-0.4, -0.2) is 27.8 Å². The Morgan fingerprint density at radius 2 is 1.63 bits per heavy atom. The number of ketones is 2. The van der Waals surface area contributed by atoms with Crippen molar-refractivity contribution in [3.05, 3.63) is 59.2 Å². The standard InChI is InChI=1S/C21H21NO5/c23-18(3-1-2-4-21(26)22-27)14-7-5-13(6-8-14)15-9-10-16-17(11-15)20(25)12-19(16)24/h5-11,18,23,27H,1-4,12H2,(H,22,26). The number of rotatable bonds is 7. The van der Waals surface area contributed by atoms with Crippen molar-refractivity contribution in [2.45, 2.75) is 38.2 Å². The van der Waals surface area contributed by atoms with Crippen molar-refractivity contribution in [3.8, 4) is 11.1 Å². The Morgan fingerprint density at radius 3 is 2.33 bits per heavy atom. The molecule has 0 saturated carbocycles. The molecular weight excluding hydrogens is 346 g/mol. The molecule has 1 unspecified atom stereocenters. The summed E-state index contributed by atoms with van der Waals surface area (Å²) in [4.78, 5) is 34.6. The molecule has 140 valence electrons. The highest BCUT2D eigenvalue weighted by molar-refractivity contribution is 6.24. The SMILES string of the molecule is O=C(CCCCC(O)c1ccc(-c2ccc3c(c2)C(=O)CC3=O)cc1)NO. The van der Waals surface area contributed by atoms with Crippen LogP contribution in [0.4, 0.5) is 0 Å². The fraction of sp³-hybridized carbons (Fsp3) is 0.286. The predicted octanol–water partition coefficient (Wildman–Crippen LogP) is 3.22. The van der Waals surface area contributed by atoms with Crippen molar-refractivity contribution < 1.29 is 24.7 Å². The third-order valence-electron chi connectivity index (χ3n) is 4.83. The van der Waals surface area contributed by atoms with Crippen molar-refractivity contribution in [1.29, 1.82) is 0 Å². The van der Waals surface area contributed by atoms with Gasteiger partial charge in [0.25, 0.3) is 0 Å². The molecule has 0 aromatic heterocycles. The third-order valence-corrected chi connectivity index (χ3v) is 4.83. The van der Waals surface area contributed by atoms with E-state index in [1.54, 1.807) is 17.6 Å². The quantitative estimate of drug-likeness (QED) is 0.302. The van der Waals surface area contributed by atoms with E-state index in [0.29, 0.717) is 30.4 Å². The number of Topliss-reactive ketones (excluding diaryl/α,β-unsaturated/α-hetero) is 2. The number of nitrogens with one attached hydrogen (secondary N) is 1. The van der Waals surface area contributed by atoms with Gasteiger partial charge in [0, 0.05) is 17.5 Å². The first-order valence-corrected chi connectivity index (χ1v) is 8.91. The van der Waals surface area contributed by atoms with E-state index in [0.717, 1.165) is 16.7 Å². The van der Waals surface area contributed by atoms with Crippen LogP contribution in [0.3, 0.4) is 0 Å². The summed E-state index contributed by atoms with van der Waals surface area (Å²) in [6, 6.07) is 12.7. The van der Waals surface area contributed by atoms with Gasteiger partial charge in [-0.1, -0.05) is 42.8 Å². The number of hydrogen-bond acceptors (Lipinski definition) is 5. The molecule has 27 heavy (non-hydrogen) atoms. The van der Waals surface area contributed by atoms with Crippen LogP contribution in [-0.2, 0) is 4.79 Å². The molecule has 1 atom stereocenters. The maximum atomic E-state index is 11.9. The molecule has 3 rings (SSSR count). The monoisotopic (exact) mass is 367 g/mol. The number of aliphatic hydroxyl groups is 1. The van der Waals surface area contributed by atoms with Gasteiger partial charge in [0.1, 0.15) is 0 Å². The van der Waals surface area contributed by atoms with Gasteiger partial charge in [-0.2, -0.15) is 0 Å². The van der Waals surface area contributed by atoms with E-state index < -0.39 is 12.0 Å². The molecule has 0 heterocycles. The molecule has 0 spiro atoms. The van der Waals surface area contributed by atoms with Crippen LogP contribution in [0.1, 0.15) is 64.5 Å². The lowest BCUT2D eigenvalue weighted by molar-refractivity contribution is -0.129. The van der Waals surface area contributed by atoms with E-state index >= 15 is 0 Å². The van der Waals surface area contributed by atoms with E-state index in [2.05, 4.69) is 0 Å². The van der Waals surface area contributed by atoms with E-state index in [9.17, 15) is 19.5 Å². The topological polar surface area (TPSA) is 104 Å². The summed E-state index contributed by atoms with van der Waals surface area (Å²) < 4.78 is 0. The number of carbonyl (C=O) groups excluding carboxylic acids is 3. The van der Waals surface area contributed by atoms with E-state index in [4.69, 9.17) is 5.21 Å². The van der Waals surface area contributed by atoms with Gasteiger partial charge in [-0.15, -0.1) is 0 Å². The van der Waals surface area contributed by atoms with Crippen molar-refractivity contribution in [2.24, 2.45) is 0 Å². The molecular formula is C21H21NO5. The smallest absolute Gasteiger partial charge is 0.243 e. The minimum absolute atomic E-state index is 0.0517. The Balaban J connectivity index is 1.64. The van der Waals surface area contributed by atoms with Crippen molar-refractivity contribution in [3.63, 3.8) is 0 Å². The van der Waals surface area contributed by atoms with Crippen LogP contribution in [0.5, 0.6) is 0 Å². The minimum Gasteiger partial charge on any atom is -0.388 e. The molecule has 3 N–H and O–H groups in total. The molecule has 6 nitrogen and oxygen atoms in total. The molecule has 2 aromatic rings. The van der Waals surface area contributed by atoms with Crippen LogP contribution >= 0.6 is 0 Å². The summed E-state index contributed by atoms with van der Waals surface area (Å²) in [6.07, 6.45) is 1.32. The predicted molar refractivity (Wildman–Crippen MR) is 98.5 cm³/mol. The van der Waals surface area contributed by atoms with Gasteiger partial charge < -0.3 is 5.11 Å². The van der Waals surface area contributed by atoms with Gasteiger partial charge in [-0.05, 0) is 35.6 Å². The number of hydroxylamine groups is 1. The highest BCUT2D eigenvalue weighted by Gasteiger charge is 2.27. The molecule has 1 aliphatic rings. The van der Waals surface area contributed by atoms with E-state index in [-0.39, 0.29) is 24.4 Å². The zero-order valence-corrected chi connectivity index (χ0v) is 14.8. The number of carbonyl (C=O) groups is 3. The first kappa shape index (κ1) is 18.9. The van der Waals surface area contributed by atoms with Gasteiger partial charge in [0.15, 0.2) is 11.6 Å². The summed E-state index contributed by atoms with van der Waals surface area (Å²) in [6.45, 7) is 0. The van der Waals surface area contributed by atoms with Crippen LogP contribution in [0.2, 0.25) is 0 Å². The zero-order valence-electron chi connectivity index (χ0n) is 14.8. The zero-order chi connectivity index (χ0) is 19.4. The number of amides is 1. The lowest BCUT2D eigenvalue weighted by atomic mass is 9.97. The molecule has 0 fully saturated rings. The van der Waals surface area contributed by atoms with Crippen molar-refractivity contribution in [2.75, 3.05) is 0 Å². The van der Waals surface area contributed by atoms with Gasteiger partial charge in [-0.3, -0.25) is 19.6 Å². The fourth-order valence-electron chi connectivity index (χ4n) is 3.28. The first-order chi connectivity index (χ1) is 13.0. The molecule has 0 bridgehead atoms. The first-order valence-electron chi connectivity index (χ1n) is 8.91. The molecule has 2 aromatic carbocycles. The second-order valence-corrected chi connectivity index (χ2v) is 6.70. The largest absolute Gasteiger partial charge is 0.388 e. The molecule has 0 saturated heterocycles. The Morgan fingerprint density at radius 1 is 0.963 bits per heavy atom. The maximum Gasteiger partial charge on any atom is 0.243 e. The fourth-order valence-corrected chi connectivity index (χ4v) is 3.28. The number of hydrogen-bond donors (Lipinski definition) is 3. The van der Waals surface area contributed by atoms with Gasteiger partial charge in [-0.25, -0.2) is 5.48 Å². The number of aliphatic hydroxyl groups excluding tert-OH is 1. The summed E-state index contributed by atoms with van der Waals surface area (Å²) in [5.41, 5.74) is 5.09. The summed E-state index contributed by atoms with van der Waals surface area (Å²) in [5, 5.41) is 18.7. The highest BCUT2D eigenvalue weighted by atomic mass is 16.5. The summed E-state index contributed by atoms with van der Waals surface area (Å²) in [7, 11) is 0. The third kappa shape index (κ3) is 4.30. The van der Waals surface area contributed by atoms with Crippen LogP contribution in [0.25, 0.3) is 11.1 Å². The molecule has 0 aliphatic heterocycles. The Bertz CT molecular complexity index is 873. The number of fused-ring (bicyclic) bond motifs is 1. The van der Waals surface area contributed by atoms with E-state index in [1.165, 1.54) is 0 Å². The van der Waals surface area contributed by atoms with Crippen molar-refractivity contribution in [1.82, 2.24) is 5.48 Å². The average Bonchev–Trinajstić information content (AvgIpc) is 2.98.